The predicted octanol–water partition coefficient (Wildman–Crippen LogP) is -0.145. The van der Waals surface area contributed by atoms with Crippen LogP contribution in [0.4, 0.5) is 0 Å². The Morgan fingerprint density at radius 3 is 2.47 bits per heavy atom. The van der Waals surface area contributed by atoms with Gasteiger partial charge in [-0.15, -0.1) is 12.4 Å². The summed E-state index contributed by atoms with van der Waals surface area (Å²) in [5, 5.41) is 5.77. The molecule has 5 nitrogen and oxygen atoms in total. The fraction of sp³-hybridized carbons (Fsp3) is 0.909. The van der Waals surface area contributed by atoms with Crippen molar-refractivity contribution in [2.45, 2.75) is 19.4 Å². The van der Waals surface area contributed by atoms with Gasteiger partial charge in [0, 0.05) is 25.2 Å². The summed E-state index contributed by atoms with van der Waals surface area (Å²) in [6.45, 7) is 8.80. The van der Waals surface area contributed by atoms with Gasteiger partial charge >= 0.3 is 0 Å². The van der Waals surface area contributed by atoms with Gasteiger partial charge in [-0.25, -0.2) is 0 Å². The van der Waals surface area contributed by atoms with Gasteiger partial charge in [-0.3, -0.25) is 9.69 Å². The molecule has 0 spiro atoms. The highest BCUT2D eigenvalue weighted by Gasteiger charge is 2.28. The Kier molecular flexibility index (Phi) is 7.70. The molecule has 0 saturated carbocycles. The Morgan fingerprint density at radius 2 is 1.94 bits per heavy atom. The van der Waals surface area contributed by atoms with Gasteiger partial charge in [-0.2, -0.15) is 0 Å². The molecular formula is C11H24ClN3O2. The molecule has 17 heavy (non-hydrogen) atoms. The SMILES string of the molecule is CNCC(=O)NCC(C)(C)N1CCOCC1.Cl. The Bertz CT molecular complexity index is 231. The molecule has 1 fully saturated rings. The van der Waals surface area contributed by atoms with Crippen molar-refractivity contribution in [3.05, 3.63) is 0 Å². The first-order valence-electron chi connectivity index (χ1n) is 5.80. The second kappa shape index (κ2) is 7.87. The Labute approximate surface area is 110 Å². The lowest BCUT2D eigenvalue weighted by molar-refractivity contribution is -0.120. The molecule has 1 rings (SSSR count). The van der Waals surface area contributed by atoms with E-state index < -0.39 is 0 Å². The third kappa shape index (κ3) is 5.68. The van der Waals surface area contributed by atoms with Gasteiger partial charge in [0.25, 0.3) is 0 Å². The first kappa shape index (κ1) is 16.6. The second-order valence-electron chi connectivity index (χ2n) is 4.72. The van der Waals surface area contributed by atoms with Gasteiger partial charge in [0.15, 0.2) is 0 Å². The molecule has 1 saturated heterocycles. The molecule has 0 radical (unpaired) electrons. The number of nitrogens with zero attached hydrogens (tertiary/aromatic N) is 1. The average Bonchev–Trinajstić information content (AvgIpc) is 2.28. The molecule has 2 N–H and O–H groups in total. The minimum Gasteiger partial charge on any atom is -0.379 e. The van der Waals surface area contributed by atoms with Crippen molar-refractivity contribution in [2.75, 3.05) is 46.4 Å². The Hall–Kier alpha value is -0.360. The number of morpholine rings is 1. The monoisotopic (exact) mass is 265 g/mol. The largest absolute Gasteiger partial charge is 0.379 e. The van der Waals surface area contributed by atoms with Crippen LogP contribution >= 0.6 is 12.4 Å². The maximum Gasteiger partial charge on any atom is 0.234 e. The van der Waals surface area contributed by atoms with Crippen molar-refractivity contribution in [3.8, 4) is 0 Å². The lowest BCUT2D eigenvalue weighted by atomic mass is 10.0. The lowest BCUT2D eigenvalue weighted by Gasteiger charge is -2.40. The molecule has 0 aromatic rings. The van der Waals surface area contributed by atoms with Crippen LogP contribution in [-0.2, 0) is 9.53 Å². The lowest BCUT2D eigenvalue weighted by Crippen LogP contribution is -2.55. The van der Waals surface area contributed by atoms with E-state index in [4.69, 9.17) is 4.74 Å². The van der Waals surface area contributed by atoms with Crippen molar-refractivity contribution in [1.82, 2.24) is 15.5 Å². The molecule has 6 heteroatoms. The van der Waals surface area contributed by atoms with E-state index in [1.54, 1.807) is 7.05 Å². The van der Waals surface area contributed by atoms with Gasteiger partial charge in [-0.1, -0.05) is 0 Å². The van der Waals surface area contributed by atoms with Crippen LogP contribution in [-0.4, -0.2) is 62.8 Å². The minimum atomic E-state index is -0.00676. The number of halogens is 1. The van der Waals surface area contributed by atoms with Crippen LogP contribution in [0.1, 0.15) is 13.8 Å². The highest BCUT2D eigenvalue weighted by molar-refractivity contribution is 5.85. The molecule has 1 aliphatic heterocycles. The predicted molar refractivity (Wildman–Crippen MR) is 70.7 cm³/mol. The van der Waals surface area contributed by atoms with Gasteiger partial charge < -0.3 is 15.4 Å². The number of carbonyl (C=O) groups excluding carboxylic acids is 1. The number of nitrogens with one attached hydrogen (secondary N) is 2. The highest BCUT2D eigenvalue weighted by atomic mass is 35.5. The number of rotatable bonds is 5. The van der Waals surface area contributed by atoms with E-state index in [9.17, 15) is 4.79 Å². The molecule has 0 bridgehead atoms. The average molecular weight is 266 g/mol. The molecule has 0 aliphatic carbocycles. The zero-order chi connectivity index (χ0) is 12.0. The number of likely N-dealkylation sites (N-methyl/N-ethyl adjacent to an activating group) is 1. The number of hydrogen-bond acceptors (Lipinski definition) is 4. The summed E-state index contributed by atoms with van der Waals surface area (Å²) >= 11 is 0. The van der Waals surface area contributed by atoms with Gasteiger partial charge in [0.2, 0.25) is 5.91 Å². The normalized spacial score (nSPS) is 17.4. The van der Waals surface area contributed by atoms with Crippen LogP contribution in [0.2, 0.25) is 0 Å². The second-order valence-corrected chi connectivity index (χ2v) is 4.72. The summed E-state index contributed by atoms with van der Waals surface area (Å²) < 4.78 is 5.32. The van der Waals surface area contributed by atoms with E-state index in [0.29, 0.717) is 13.1 Å². The molecular weight excluding hydrogens is 242 g/mol. The highest BCUT2D eigenvalue weighted by Crippen LogP contribution is 2.14. The van der Waals surface area contributed by atoms with Crippen molar-refractivity contribution < 1.29 is 9.53 Å². The van der Waals surface area contributed by atoms with Crippen LogP contribution in [0.3, 0.4) is 0 Å². The van der Waals surface area contributed by atoms with E-state index in [-0.39, 0.29) is 23.9 Å². The fourth-order valence-corrected chi connectivity index (χ4v) is 1.82. The summed E-state index contributed by atoms with van der Waals surface area (Å²) in [4.78, 5) is 13.7. The summed E-state index contributed by atoms with van der Waals surface area (Å²) in [5.74, 6) is 0.0452. The van der Waals surface area contributed by atoms with Crippen molar-refractivity contribution in [3.63, 3.8) is 0 Å². The van der Waals surface area contributed by atoms with E-state index in [1.165, 1.54) is 0 Å². The topological polar surface area (TPSA) is 53.6 Å². The maximum atomic E-state index is 11.4. The van der Waals surface area contributed by atoms with Crippen molar-refractivity contribution in [1.29, 1.82) is 0 Å². The number of hydrogen-bond donors (Lipinski definition) is 2. The van der Waals surface area contributed by atoms with Crippen LogP contribution < -0.4 is 10.6 Å². The third-order valence-electron chi connectivity index (χ3n) is 2.92. The summed E-state index contributed by atoms with van der Waals surface area (Å²) in [5.41, 5.74) is -0.00676. The Balaban J connectivity index is 0.00000256. The molecule has 0 unspecified atom stereocenters. The molecule has 0 atom stereocenters. The smallest absolute Gasteiger partial charge is 0.234 e. The molecule has 1 aliphatic rings. The van der Waals surface area contributed by atoms with Crippen molar-refractivity contribution in [2.24, 2.45) is 0 Å². The fourth-order valence-electron chi connectivity index (χ4n) is 1.82. The molecule has 102 valence electrons. The quantitative estimate of drug-likeness (QED) is 0.726. The Morgan fingerprint density at radius 1 is 1.35 bits per heavy atom. The van der Waals surface area contributed by atoms with Gasteiger partial charge in [0.05, 0.1) is 19.8 Å². The zero-order valence-corrected chi connectivity index (χ0v) is 11.7. The number of ether oxygens (including phenoxy) is 1. The van der Waals surface area contributed by atoms with E-state index in [2.05, 4.69) is 29.4 Å². The van der Waals surface area contributed by atoms with Crippen molar-refractivity contribution >= 4 is 18.3 Å². The molecule has 1 heterocycles. The van der Waals surface area contributed by atoms with E-state index in [1.807, 2.05) is 0 Å². The minimum absolute atomic E-state index is 0. The summed E-state index contributed by atoms with van der Waals surface area (Å²) in [7, 11) is 1.77. The van der Waals surface area contributed by atoms with E-state index >= 15 is 0 Å². The van der Waals surface area contributed by atoms with Crippen LogP contribution in [0.5, 0.6) is 0 Å². The first-order chi connectivity index (χ1) is 7.56. The summed E-state index contributed by atoms with van der Waals surface area (Å²) in [6.07, 6.45) is 0. The van der Waals surface area contributed by atoms with Crippen LogP contribution in [0.25, 0.3) is 0 Å². The first-order valence-corrected chi connectivity index (χ1v) is 5.80. The van der Waals surface area contributed by atoms with Crippen LogP contribution in [0, 0.1) is 0 Å². The maximum absolute atomic E-state index is 11.4. The molecule has 0 aromatic heterocycles. The third-order valence-corrected chi connectivity index (χ3v) is 2.92. The number of carbonyl (C=O) groups is 1. The molecule has 0 aromatic carbocycles. The van der Waals surface area contributed by atoms with Gasteiger partial charge in [-0.05, 0) is 20.9 Å². The van der Waals surface area contributed by atoms with Gasteiger partial charge in [0.1, 0.15) is 0 Å². The number of amides is 1. The summed E-state index contributed by atoms with van der Waals surface area (Å²) in [6, 6.07) is 0. The standard InChI is InChI=1S/C11H23N3O2.ClH/c1-11(2,9-13-10(15)8-12-3)14-4-6-16-7-5-14;/h12H,4-9H2,1-3H3,(H,13,15);1H. The molecule has 1 amide bonds. The van der Waals surface area contributed by atoms with E-state index in [0.717, 1.165) is 26.3 Å². The van der Waals surface area contributed by atoms with Crippen LogP contribution in [0.15, 0.2) is 0 Å². The zero-order valence-electron chi connectivity index (χ0n) is 10.9.